The zero-order valence-electron chi connectivity index (χ0n) is 16.3. The Balaban J connectivity index is 1.66. The summed E-state index contributed by atoms with van der Waals surface area (Å²) in [5, 5.41) is 5.45. The number of hydrogen-bond donors (Lipinski definition) is 1. The summed E-state index contributed by atoms with van der Waals surface area (Å²) in [5.41, 5.74) is 2.79. The third-order valence-corrected chi connectivity index (χ3v) is 6.61. The average Bonchev–Trinajstić information content (AvgIpc) is 3.02. The highest BCUT2D eigenvalue weighted by Crippen LogP contribution is 2.34. The van der Waals surface area contributed by atoms with Crippen LogP contribution in [0.1, 0.15) is 27.7 Å². The van der Waals surface area contributed by atoms with Gasteiger partial charge in [0, 0.05) is 41.8 Å². The van der Waals surface area contributed by atoms with Crippen molar-refractivity contribution in [1.82, 2.24) is 4.90 Å². The van der Waals surface area contributed by atoms with E-state index in [1.165, 1.54) is 7.11 Å². The summed E-state index contributed by atoms with van der Waals surface area (Å²) in [6.45, 7) is 7.43. The molecule has 150 valence electrons. The fourth-order valence-electron chi connectivity index (χ4n) is 3.41. The first kappa shape index (κ1) is 20.9. The number of thiophene rings is 1. The minimum absolute atomic E-state index is 0.320. The van der Waals surface area contributed by atoms with Gasteiger partial charge in [0.2, 0.25) is 0 Å². The highest BCUT2D eigenvalue weighted by Gasteiger charge is 2.25. The van der Waals surface area contributed by atoms with Crippen molar-refractivity contribution in [3.05, 3.63) is 45.3 Å². The van der Waals surface area contributed by atoms with E-state index in [1.807, 2.05) is 38.1 Å². The van der Waals surface area contributed by atoms with Crippen LogP contribution in [0.15, 0.2) is 24.3 Å². The first-order chi connectivity index (χ1) is 13.4. The summed E-state index contributed by atoms with van der Waals surface area (Å²) in [5.74, 6) is -0.320. The van der Waals surface area contributed by atoms with Gasteiger partial charge in [0.1, 0.15) is 5.00 Å². The number of carbonyl (C=O) groups excluding carboxylic acids is 1. The van der Waals surface area contributed by atoms with Gasteiger partial charge in [0.25, 0.3) is 0 Å². The Morgan fingerprint density at radius 3 is 2.46 bits per heavy atom. The molecule has 1 N–H and O–H groups in total. The van der Waals surface area contributed by atoms with Crippen molar-refractivity contribution in [2.45, 2.75) is 20.3 Å². The smallest absolute Gasteiger partial charge is 0.341 e. The molecule has 2 aromatic rings. The van der Waals surface area contributed by atoms with E-state index in [4.69, 9.17) is 28.6 Å². The van der Waals surface area contributed by atoms with Gasteiger partial charge in [0.15, 0.2) is 5.11 Å². The number of rotatable bonds is 4. The van der Waals surface area contributed by atoms with E-state index in [0.717, 1.165) is 58.8 Å². The van der Waals surface area contributed by atoms with Crippen LogP contribution >= 0.6 is 35.2 Å². The summed E-state index contributed by atoms with van der Waals surface area (Å²) in [4.78, 5) is 17.9. The molecule has 0 saturated carbocycles. The van der Waals surface area contributed by atoms with Crippen molar-refractivity contribution < 1.29 is 9.53 Å². The van der Waals surface area contributed by atoms with Crippen LogP contribution in [0, 0.1) is 6.92 Å². The number of anilines is 2. The van der Waals surface area contributed by atoms with Gasteiger partial charge in [-0.3, -0.25) is 0 Å². The molecule has 1 saturated heterocycles. The summed E-state index contributed by atoms with van der Waals surface area (Å²) >= 11 is 13.2. The van der Waals surface area contributed by atoms with Crippen molar-refractivity contribution in [3.63, 3.8) is 0 Å². The molecule has 0 spiro atoms. The number of benzene rings is 1. The second kappa shape index (κ2) is 9.11. The standard InChI is InChI=1S/C20H24ClN3O2S2/c1-4-16-13(2)28-18(17(16)19(25)26-3)22-20(27)24-11-9-23(10-12-24)15-7-5-14(21)6-8-15/h5-8H,4,9-12H2,1-3H3,(H,22,27). The van der Waals surface area contributed by atoms with E-state index in [2.05, 4.69) is 15.1 Å². The maximum Gasteiger partial charge on any atom is 0.341 e. The first-order valence-corrected chi connectivity index (χ1v) is 10.8. The van der Waals surface area contributed by atoms with Crippen LogP contribution in [0.5, 0.6) is 0 Å². The molecule has 0 bridgehead atoms. The maximum absolute atomic E-state index is 12.3. The number of methoxy groups -OCH3 is 1. The topological polar surface area (TPSA) is 44.8 Å². The Bertz CT molecular complexity index is 859. The molecule has 1 fully saturated rings. The monoisotopic (exact) mass is 437 g/mol. The minimum Gasteiger partial charge on any atom is -0.465 e. The molecule has 28 heavy (non-hydrogen) atoms. The van der Waals surface area contributed by atoms with E-state index in [1.54, 1.807) is 11.3 Å². The van der Waals surface area contributed by atoms with Crippen LogP contribution in [0.25, 0.3) is 0 Å². The van der Waals surface area contributed by atoms with Crippen LogP contribution in [-0.4, -0.2) is 49.3 Å². The predicted octanol–water partition coefficient (Wildman–Crippen LogP) is 4.58. The van der Waals surface area contributed by atoms with Crippen molar-refractivity contribution in [2.24, 2.45) is 0 Å². The van der Waals surface area contributed by atoms with Gasteiger partial charge >= 0.3 is 5.97 Å². The second-order valence-electron chi connectivity index (χ2n) is 6.57. The molecule has 5 nitrogen and oxygen atoms in total. The van der Waals surface area contributed by atoms with Gasteiger partial charge in [0.05, 0.1) is 12.7 Å². The van der Waals surface area contributed by atoms with Crippen molar-refractivity contribution in [3.8, 4) is 0 Å². The van der Waals surface area contributed by atoms with Crippen molar-refractivity contribution in [2.75, 3.05) is 43.5 Å². The number of aryl methyl sites for hydroxylation is 1. The molecule has 3 rings (SSSR count). The van der Waals surface area contributed by atoms with E-state index >= 15 is 0 Å². The summed E-state index contributed by atoms with van der Waals surface area (Å²) in [7, 11) is 1.41. The third kappa shape index (κ3) is 4.42. The lowest BCUT2D eigenvalue weighted by molar-refractivity contribution is 0.0601. The normalized spacial score (nSPS) is 14.1. The van der Waals surface area contributed by atoms with Crippen LogP contribution in [0.4, 0.5) is 10.7 Å². The van der Waals surface area contributed by atoms with Crippen LogP contribution in [0.2, 0.25) is 5.02 Å². The Kier molecular flexibility index (Phi) is 6.80. The number of esters is 1. The molecular weight excluding hydrogens is 414 g/mol. The van der Waals surface area contributed by atoms with Crippen LogP contribution in [0.3, 0.4) is 0 Å². The Labute approximate surface area is 180 Å². The molecule has 0 amide bonds. The number of ether oxygens (including phenoxy) is 1. The molecule has 1 aromatic heterocycles. The molecule has 0 atom stereocenters. The zero-order chi connectivity index (χ0) is 20.3. The van der Waals surface area contributed by atoms with Gasteiger partial charge in [-0.1, -0.05) is 18.5 Å². The van der Waals surface area contributed by atoms with E-state index in [0.29, 0.717) is 10.7 Å². The van der Waals surface area contributed by atoms with Gasteiger partial charge < -0.3 is 19.9 Å². The number of thiocarbonyl (C=S) groups is 1. The number of nitrogens with one attached hydrogen (secondary N) is 1. The quantitative estimate of drug-likeness (QED) is 0.558. The molecule has 0 unspecified atom stereocenters. The predicted molar refractivity (Wildman–Crippen MR) is 121 cm³/mol. The number of piperazine rings is 1. The molecule has 8 heteroatoms. The SMILES string of the molecule is CCc1c(C)sc(NC(=S)N2CCN(c3ccc(Cl)cc3)CC2)c1C(=O)OC. The lowest BCUT2D eigenvalue weighted by atomic mass is 10.1. The summed E-state index contributed by atoms with van der Waals surface area (Å²) < 4.78 is 4.99. The average molecular weight is 438 g/mol. The van der Waals surface area contributed by atoms with Crippen molar-refractivity contribution >= 4 is 56.9 Å². The number of carbonyl (C=O) groups is 1. The molecule has 1 aliphatic heterocycles. The molecule has 0 radical (unpaired) electrons. The Morgan fingerprint density at radius 1 is 1.25 bits per heavy atom. The maximum atomic E-state index is 12.3. The highest BCUT2D eigenvalue weighted by molar-refractivity contribution is 7.80. The first-order valence-electron chi connectivity index (χ1n) is 9.21. The molecule has 2 heterocycles. The lowest BCUT2D eigenvalue weighted by Gasteiger charge is -2.37. The van der Waals surface area contributed by atoms with Gasteiger partial charge in [-0.2, -0.15) is 0 Å². The minimum atomic E-state index is -0.320. The second-order valence-corrected chi connectivity index (χ2v) is 8.61. The number of hydrogen-bond acceptors (Lipinski definition) is 5. The van der Waals surface area contributed by atoms with Crippen LogP contribution in [-0.2, 0) is 11.2 Å². The molecule has 1 aromatic carbocycles. The molecule has 1 aliphatic rings. The number of nitrogens with zero attached hydrogens (tertiary/aromatic N) is 2. The van der Waals surface area contributed by atoms with Crippen molar-refractivity contribution in [1.29, 1.82) is 0 Å². The highest BCUT2D eigenvalue weighted by atomic mass is 35.5. The van der Waals surface area contributed by atoms with E-state index in [-0.39, 0.29) is 5.97 Å². The summed E-state index contributed by atoms with van der Waals surface area (Å²) in [6.07, 6.45) is 0.779. The van der Waals surface area contributed by atoms with E-state index < -0.39 is 0 Å². The Morgan fingerprint density at radius 2 is 1.89 bits per heavy atom. The largest absolute Gasteiger partial charge is 0.465 e. The molecule has 0 aliphatic carbocycles. The lowest BCUT2D eigenvalue weighted by Crippen LogP contribution is -2.50. The van der Waals surface area contributed by atoms with Gasteiger partial charge in [-0.25, -0.2) is 4.79 Å². The Hall–Kier alpha value is -1.83. The fraction of sp³-hybridized carbons (Fsp3) is 0.400. The molecular formula is C20H24ClN3O2S2. The number of halogens is 1. The van der Waals surface area contributed by atoms with Gasteiger partial charge in [-0.15, -0.1) is 11.3 Å². The third-order valence-electron chi connectivity index (χ3n) is 4.93. The van der Waals surface area contributed by atoms with E-state index in [9.17, 15) is 4.79 Å². The fourth-order valence-corrected chi connectivity index (χ4v) is 5.01. The zero-order valence-corrected chi connectivity index (χ0v) is 18.6. The summed E-state index contributed by atoms with van der Waals surface area (Å²) in [6, 6.07) is 7.90. The van der Waals surface area contributed by atoms with Gasteiger partial charge in [-0.05, 0) is 55.4 Å². The van der Waals surface area contributed by atoms with Crippen LogP contribution < -0.4 is 10.2 Å².